The van der Waals surface area contributed by atoms with Crippen LogP contribution in [-0.4, -0.2) is 20.1 Å². The third-order valence-corrected chi connectivity index (χ3v) is 2.46. The van der Waals surface area contributed by atoms with Crippen LogP contribution in [0.4, 0.5) is 5.69 Å². The molecule has 0 radical (unpaired) electrons. The van der Waals surface area contributed by atoms with E-state index in [1.54, 1.807) is 0 Å². The Morgan fingerprint density at radius 2 is 2.00 bits per heavy atom. The summed E-state index contributed by atoms with van der Waals surface area (Å²) in [6, 6.07) is 6.49. The van der Waals surface area contributed by atoms with Gasteiger partial charge in [0.2, 0.25) is 0 Å². The third kappa shape index (κ3) is 3.73. The van der Waals surface area contributed by atoms with Gasteiger partial charge in [0.1, 0.15) is 0 Å². The molecule has 0 aliphatic rings. The molecule has 0 fully saturated rings. The van der Waals surface area contributed by atoms with E-state index in [0.29, 0.717) is 6.04 Å². The molecule has 3 heteroatoms. The van der Waals surface area contributed by atoms with E-state index in [9.17, 15) is 0 Å². The molecular weight excluding hydrogens is 208 g/mol. The van der Waals surface area contributed by atoms with Gasteiger partial charge in [0.05, 0.1) is 0 Å². The number of nitrogens with one attached hydrogen (secondary N) is 1. The molecule has 0 atom stereocenters. The first kappa shape index (κ1) is 12.3. The van der Waals surface area contributed by atoms with Crippen molar-refractivity contribution in [2.24, 2.45) is 0 Å². The molecule has 1 rings (SSSR count). The van der Waals surface area contributed by atoms with Gasteiger partial charge in [-0.05, 0) is 23.8 Å². The van der Waals surface area contributed by atoms with Gasteiger partial charge in [-0.25, -0.2) is 0 Å². The Bertz CT molecular complexity index is 321. The van der Waals surface area contributed by atoms with Gasteiger partial charge in [0.25, 0.3) is 0 Å². The van der Waals surface area contributed by atoms with Crippen molar-refractivity contribution >= 4 is 17.3 Å². The molecule has 0 aliphatic heterocycles. The van der Waals surface area contributed by atoms with Crippen molar-refractivity contribution in [1.82, 2.24) is 5.32 Å². The first-order chi connectivity index (χ1) is 7.00. The highest BCUT2D eigenvalue weighted by molar-refractivity contribution is 6.30. The van der Waals surface area contributed by atoms with Crippen molar-refractivity contribution in [3.05, 3.63) is 28.8 Å². The highest BCUT2D eigenvalue weighted by Crippen LogP contribution is 2.22. The highest BCUT2D eigenvalue weighted by atomic mass is 35.5. The molecule has 1 aromatic rings. The van der Waals surface area contributed by atoms with Crippen LogP contribution < -0.4 is 10.2 Å². The molecule has 0 amide bonds. The minimum absolute atomic E-state index is 0.485. The average Bonchev–Trinajstić information content (AvgIpc) is 2.14. The van der Waals surface area contributed by atoms with E-state index in [1.807, 2.05) is 26.2 Å². The molecule has 15 heavy (non-hydrogen) atoms. The van der Waals surface area contributed by atoms with Crippen LogP contribution in [0.25, 0.3) is 0 Å². The Morgan fingerprint density at radius 1 is 1.33 bits per heavy atom. The molecule has 1 aromatic carbocycles. The summed E-state index contributed by atoms with van der Waals surface area (Å²) in [4.78, 5) is 2.10. The number of rotatable bonds is 4. The fraction of sp³-hybridized carbons (Fsp3) is 0.500. The Hall–Kier alpha value is -0.730. The maximum Gasteiger partial charge on any atom is 0.0410 e. The molecule has 0 bridgehead atoms. The van der Waals surface area contributed by atoms with Crippen molar-refractivity contribution in [3.63, 3.8) is 0 Å². The Balaban J connectivity index is 2.87. The molecule has 0 unspecified atom stereocenters. The zero-order valence-corrected chi connectivity index (χ0v) is 10.6. The number of anilines is 1. The molecule has 1 N–H and O–H groups in total. The average molecular weight is 227 g/mol. The van der Waals surface area contributed by atoms with E-state index in [2.05, 4.69) is 30.1 Å². The Labute approximate surface area is 97.2 Å². The molecule has 0 spiro atoms. The maximum absolute atomic E-state index is 5.99. The second-order valence-corrected chi connectivity index (χ2v) is 4.64. The number of benzene rings is 1. The lowest BCUT2D eigenvalue weighted by Crippen LogP contribution is -2.23. The molecule has 0 aromatic heterocycles. The van der Waals surface area contributed by atoms with E-state index in [-0.39, 0.29) is 0 Å². The van der Waals surface area contributed by atoms with E-state index in [4.69, 9.17) is 11.6 Å². The second-order valence-electron chi connectivity index (χ2n) is 4.20. The van der Waals surface area contributed by atoms with E-state index in [0.717, 1.165) is 11.6 Å². The third-order valence-electron chi connectivity index (χ3n) is 2.22. The van der Waals surface area contributed by atoms with Crippen LogP contribution in [0, 0.1) is 0 Å². The monoisotopic (exact) mass is 226 g/mol. The van der Waals surface area contributed by atoms with Crippen LogP contribution in [0.3, 0.4) is 0 Å². The molecule has 0 heterocycles. The SMILES string of the molecule is CC(C)NCc1cc(Cl)ccc1N(C)C. The van der Waals surface area contributed by atoms with Crippen molar-refractivity contribution in [1.29, 1.82) is 0 Å². The predicted octanol–water partition coefficient (Wildman–Crippen LogP) is 2.90. The first-order valence-corrected chi connectivity index (χ1v) is 5.57. The van der Waals surface area contributed by atoms with Gasteiger partial charge in [-0.3, -0.25) is 0 Å². The van der Waals surface area contributed by atoms with Gasteiger partial charge in [0, 0.05) is 37.4 Å². The molecule has 84 valence electrons. The van der Waals surface area contributed by atoms with Crippen LogP contribution in [0.2, 0.25) is 5.02 Å². The number of nitrogens with zero attached hydrogens (tertiary/aromatic N) is 1. The first-order valence-electron chi connectivity index (χ1n) is 5.20. The lowest BCUT2D eigenvalue weighted by molar-refractivity contribution is 0.589. The van der Waals surface area contributed by atoms with Gasteiger partial charge in [-0.15, -0.1) is 0 Å². The smallest absolute Gasteiger partial charge is 0.0410 e. The zero-order chi connectivity index (χ0) is 11.4. The molecule has 0 saturated heterocycles. The largest absolute Gasteiger partial charge is 0.377 e. The van der Waals surface area contributed by atoms with E-state index >= 15 is 0 Å². The quantitative estimate of drug-likeness (QED) is 0.850. The van der Waals surface area contributed by atoms with Crippen LogP contribution in [-0.2, 0) is 6.54 Å². The van der Waals surface area contributed by atoms with Crippen molar-refractivity contribution in [2.45, 2.75) is 26.4 Å². The lowest BCUT2D eigenvalue weighted by Gasteiger charge is -2.19. The minimum Gasteiger partial charge on any atom is -0.377 e. The number of hydrogen-bond donors (Lipinski definition) is 1. The summed E-state index contributed by atoms with van der Waals surface area (Å²) in [5.74, 6) is 0. The summed E-state index contributed by atoms with van der Waals surface area (Å²) in [5.41, 5.74) is 2.45. The molecule has 0 saturated carbocycles. The van der Waals surface area contributed by atoms with Gasteiger partial charge in [-0.1, -0.05) is 25.4 Å². The summed E-state index contributed by atoms with van der Waals surface area (Å²) in [5, 5.41) is 4.19. The van der Waals surface area contributed by atoms with Crippen LogP contribution in [0.5, 0.6) is 0 Å². The summed E-state index contributed by atoms with van der Waals surface area (Å²) in [6.07, 6.45) is 0. The Morgan fingerprint density at radius 3 is 2.53 bits per heavy atom. The van der Waals surface area contributed by atoms with Crippen molar-refractivity contribution < 1.29 is 0 Å². The van der Waals surface area contributed by atoms with Gasteiger partial charge in [0.15, 0.2) is 0 Å². The zero-order valence-electron chi connectivity index (χ0n) is 9.84. The van der Waals surface area contributed by atoms with Crippen LogP contribution >= 0.6 is 11.6 Å². The van der Waals surface area contributed by atoms with Gasteiger partial charge >= 0.3 is 0 Å². The number of hydrogen-bond acceptors (Lipinski definition) is 2. The molecular formula is C12H19ClN2. The maximum atomic E-state index is 5.99. The summed E-state index contributed by atoms with van der Waals surface area (Å²) in [6.45, 7) is 5.13. The molecule has 0 aliphatic carbocycles. The molecule has 2 nitrogen and oxygen atoms in total. The van der Waals surface area contributed by atoms with Gasteiger partial charge < -0.3 is 10.2 Å². The summed E-state index contributed by atoms with van der Waals surface area (Å²) >= 11 is 5.99. The van der Waals surface area contributed by atoms with Crippen LogP contribution in [0.15, 0.2) is 18.2 Å². The van der Waals surface area contributed by atoms with E-state index in [1.165, 1.54) is 11.3 Å². The van der Waals surface area contributed by atoms with Crippen LogP contribution in [0.1, 0.15) is 19.4 Å². The van der Waals surface area contributed by atoms with E-state index < -0.39 is 0 Å². The normalized spacial score (nSPS) is 10.8. The fourth-order valence-corrected chi connectivity index (χ4v) is 1.64. The lowest BCUT2D eigenvalue weighted by atomic mass is 10.1. The Kier molecular flexibility index (Phi) is 4.43. The number of halogens is 1. The van der Waals surface area contributed by atoms with Gasteiger partial charge in [-0.2, -0.15) is 0 Å². The predicted molar refractivity (Wildman–Crippen MR) is 67.8 cm³/mol. The minimum atomic E-state index is 0.485. The summed E-state index contributed by atoms with van der Waals surface area (Å²) in [7, 11) is 4.09. The fourth-order valence-electron chi connectivity index (χ4n) is 1.45. The van der Waals surface area contributed by atoms with Crippen molar-refractivity contribution in [2.75, 3.05) is 19.0 Å². The topological polar surface area (TPSA) is 15.3 Å². The standard InChI is InChI=1S/C12H19ClN2/c1-9(2)14-8-10-7-11(13)5-6-12(10)15(3)4/h5-7,9,14H,8H2,1-4H3. The highest BCUT2D eigenvalue weighted by Gasteiger charge is 2.05. The van der Waals surface area contributed by atoms with Crippen molar-refractivity contribution in [3.8, 4) is 0 Å². The second kappa shape index (κ2) is 5.38. The summed E-state index contributed by atoms with van der Waals surface area (Å²) < 4.78 is 0.